The molecule has 0 saturated heterocycles. The monoisotopic (exact) mass is 250 g/mol. The minimum absolute atomic E-state index is 0.0570. The van der Waals surface area contributed by atoms with Crippen LogP contribution in [0.25, 0.3) is 0 Å². The van der Waals surface area contributed by atoms with E-state index in [0.717, 1.165) is 12.8 Å². The summed E-state index contributed by atoms with van der Waals surface area (Å²) in [5.41, 5.74) is 1.17. The molecule has 1 aromatic carbocycles. The van der Waals surface area contributed by atoms with Gasteiger partial charge in [-0.15, -0.1) is 0 Å². The predicted octanol–water partition coefficient (Wildman–Crippen LogP) is 2.39. The van der Waals surface area contributed by atoms with Crippen LogP contribution in [-0.2, 0) is 9.59 Å². The average molecular weight is 250 g/mol. The lowest BCUT2D eigenvalue weighted by atomic mass is 10.2. The van der Waals surface area contributed by atoms with E-state index in [2.05, 4.69) is 10.6 Å². The van der Waals surface area contributed by atoms with E-state index in [1.54, 1.807) is 18.2 Å². The third-order valence-electron chi connectivity index (χ3n) is 2.46. The Balaban J connectivity index is 2.80. The van der Waals surface area contributed by atoms with Crippen LogP contribution in [0.15, 0.2) is 18.2 Å². The van der Waals surface area contributed by atoms with Gasteiger partial charge < -0.3 is 15.4 Å². The third kappa shape index (κ3) is 4.08. The van der Waals surface area contributed by atoms with Crippen molar-refractivity contribution in [1.29, 1.82) is 0 Å². The molecule has 0 heterocycles. The number of nitrogens with one attached hydrogen (secondary N) is 2. The normalized spacial score (nSPS) is 9.67. The topological polar surface area (TPSA) is 67.4 Å². The smallest absolute Gasteiger partial charge is 0.224 e. The first kappa shape index (κ1) is 14.0. The molecule has 0 unspecified atom stereocenters. The average Bonchev–Trinajstić information content (AvgIpc) is 2.37. The molecule has 0 spiro atoms. The second-order valence-corrected chi connectivity index (χ2v) is 3.83. The van der Waals surface area contributed by atoms with Gasteiger partial charge in [0, 0.05) is 12.1 Å². The van der Waals surface area contributed by atoms with Crippen LogP contribution in [0.5, 0.6) is 5.75 Å². The van der Waals surface area contributed by atoms with E-state index >= 15 is 0 Å². The molecule has 1 aromatic rings. The first-order chi connectivity index (χ1) is 8.71. The molecule has 5 heteroatoms. The molecule has 18 heavy (non-hydrogen) atoms. The van der Waals surface area contributed by atoms with Crippen molar-refractivity contribution in [1.82, 2.24) is 0 Å². The van der Waals surface area contributed by atoms with Crippen LogP contribution in [-0.4, -0.2) is 19.4 Å². The van der Waals surface area contributed by atoms with Gasteiger partial charge in [0.25, 0.3) is 0 Å². The standard InChI is InChI=1S/C13H18N2O3/c1-3-4-5-13(17)15-11-8-10(14-9-16)6-7-12(11)18-2/h6-9H,3-5H2,1-2H3,(H,14,16)(H,15,17). The van der Waals surface area contributed by atoms with Crippen molar-refractivity contribution in [2.75, 3.05) is 17.7 Å². The summed E-state index contributed by atoms with van der Waals surface area (Å²) in [6.07, 6.45) is 2.88. The zero-order valence-corrected chi connectivity index (χ0v) is 10.7. The molecule has 0 radical (unpaired) electrons. The molecule has 0 bridgehead atoms. The van der Waals surface area contributed by atoms with Crippen LogP contribution in [0.3, 0.4) is 0 Å². The van der Waals surface area contributed by atoms with Crippen LogP contribution in [0, 0.1) is 0 Å². The van der Waals surface area contributed by atoms with Crippen LogP contribution in [0.1, 0.15) is 26.2 Å². The van der Waals surface area contributed by atoms with Crippen molar-refractivity contribution in [2.24, 2.45) is 0 Å². The minimum Gasteiger partial charge on any atom is -0.495 e. The van der Waals surface area contributed by atoms with E-state index in [4.69, 9.17) is 4.74 Å². The van der Waals surface area contributed by atoms with Crippen molar-refractivity contribution in [3.8, 4) is 5.75 Å². The maximum atomic E-state index is 11.7. The van der Waals surface area contributed by atoms with Gasteiger partial charge in [0.1, 0.15) is 5.75 Å². The summed E-state index contributed by atoms with van der Waals surface area (Å²) in [6.45, 7) is 2.03. The van der Waals surface area contributed by atoms with Gasteiger partial charge in [-0.1, -0.05) is 13.3 Å². The van der Waals surface area contributed by atoms with Gasteiger partial charge in [0.15, 0.2) is 0 Å². The fourth-order valence-corrected chi connectivity index (χ4v) is 1.51. The van der Waals surface area contributed by atoms with Crippen LogP contribution in [0.2, 0.25) is 0 Å². The Bertz CT molecular complexity index is 419. The van der Waals surface area contributed by atoms with E-state index in [9.17, 15) is 9.59 Å². The zero-order chi connectivity index (χ0) is 13.4. The molecule has 2 N–H and O–H groups in total. The molecule has 5 nitrogen and oxygen atoms in total. The van der Waals surface area contributed by atoms with Crippen molar-refractivity contribution in [3.05, 3.63) is 18.2 Å². The number of methoxy groups -OCH3 is 1. The second-order valence-electron chi connectivity index (χ2n) is 3.83. The molecule has 0 saturated carbocycles. The predicted molar refractivity (Wildman–Crippen MR) is 70.8 cm³/mol. The number of amides is 2. The van der Waals surface area contributed by atoms with Gasteiger partial charge in [0.2, 0.25) is 12.3 Å². The van der Waals surface area contributed by atoms with E-state index in [0.29, 0.717) is 30.0 Å². The molecule has 98 valence electrons. The van der Waals surface area contributed by atoms with E-state index < -0.39 is 0 Å². The van der Waals surface area contributed by atoms with Crippen LogP contribution >= 0.6 is 0 Å². The number of unbranched alkanes of at least 4 members (excludes halogenated alkanes) is 1. The fourth-order valence-electron chi connectivity index (χ4n) is 1.51. The van der Waals surface area contributed by atoms with Crippen LogP contribution < -0.4 is 15.4 Å². The molecule has 0 atom stereocenters. The Morgan fingerprint density at radius 2 is 2.22 bits per heavy atom. The van der Waals surface area contributed by atoms with Crippen molar-refractivity contribution < 1.29 is 14.3 Å². The Morgan fingerprint density at radius 1 is 1.44 bits per heavy atom. The highest BCUT2D eigenvalue weighted by molar-refractivity contribution is 5.93. The first-order valence-corrected chi connectivity index (χ1v) is 5.89. The molecule has 2 amide bonds. The maximum Gasteiger partial charge on any atom is 0.224 e. The Kier molecular flexibility index (Phi) is 5.70. The van der Waals surface area contributed by atoms with Crippen molar-refractivity contribution in [2.45, 2.75) is 26.2 Å². The van der Waals surface area contributed by atoms with E-state index in [1.165, 1.54) is 7.11 Å². The number of hydrogen-bond acceptors (Lipinski definition) is 3. The van der Waals surface area contributed by atoms with Crippen molar-refractivity contribution >= 4 is 23.7 Å². The fraction of sp³-hybridized carbons (Fsp3) is 0.385. The lowest BCUT2D eigenvalue weighted by molar-refractivity contribution is -0.116. The van der Waals surface area contributed by atoms with E-state index in [-0.39, 0.29) is 5.91 Å². The number of hydrogen-bond donors (Lipinski definition) is 2. The molecule has 0 aliphatic heterocycles. The largest absolute Gasteiger partial charge is 0.495 e. The molecule has 0 aromatic heterocycles. The molecule has 0 aliphatic carbocycles. The van der Waals surface area contributed by atoms with Gasteiger partial charge >= 0.3 is 0 Å². The molecular weight excluding hydrogens is 232 g/mol. The number of benzene rings is 1. The highest BCUT2D eigenvalue weighted by Gasteiger charge is 2.08. The lowest BCUT2D eigenvalue weighted by Crippen LogP contribution is -2.12. The third-order valence-corrected chi connectivity index (χ3v) is 2.46. The van der Waals surface area contributed by atoms with Gasteiger partial charge in [-0.2, -0.15) is 0 Å². The number of rotatable bonds is 7. The minimum atomic E-state index is -0.0570. The summed E-state index contributed by atoms with van der Waals surface area (Å²) in [6, 6.07) is 5.06. The van der Waals surface area contributed by atoms with Gasteiger partial charge in [-0.05, 0) is 24.6 Å². The number of ether oxygens (including phenoxy) is 1. The highest BCUT2D eigenvalue weighted by atomic mass is 16.5. The van der Waals surface area contributed by atoms with E-state index in [1.807, 2.05) is 6.92 Å². The molecular formula is C13H18N2O3. The first-order valence-electron chi connectivity index (χ1n) is 5.89. The Morgan fingerprint density at radius 3 is 2.83 bits per heavy atom. The zero-order valence-electron chi connectivity index (χ0n) is 10.7. The quantitative estimate of drug-likeness (QED) is 0.730. The molecule has 0 fully saturated rings. The summed E-state index contributed by atoms with van der Waals surface area (Å²) < 4.78 is 5.15. The summed E-state index contributed by atoms with van der Waals surface area (Å²) in [5.74, 6) is 0.509. The SMILES string of the molecule is CCCCC(=O)Nc1cc(NC=O)ccc1OC. The Hall–Kier alpha value is -2.04. The van der Waals surface area contributed by atoms with Gasteiger partial charge in [0.05, 0.1) is 12.8 Å². The van der Waals surface area contributed by atoms with Crippen LogP contribution in [0.4, 0.5) is 11.4 Å². The summed E-state index contributed by atoms with van der Waals surface area (Å²) in [4.78, 5) is 22.0. The summed E-state index contributed by atoms with van der Waals surface area (Å²) in [5, 5.41) is 5.30. The van der Waals surface area contributed by atoms with Gasteiger partial charge in [-0.25, -0.2) is 0 Å². The number of carbonyl (C=O) groups is 2. The summed E-state index contributed by atoms with van der Waals surface area (Å²) >= 11 is 0. The highest BCUT2D eigenvalue weighted by Crippen LogP contribution is 2.27. The second kappa shape index (κ2) is 7.32. The maximum absolute atomic E-state index is 11.7. The van der Waals surface area contributed by atoms with Gasteiger partial charge in [-0.3, -0.25) is 9.59 Å². The molecule has 1 rings (SSSR count). The molecule has 0 aliphatic rings. The van der Waals surface area contributed by atoms with Crippen molar-refractivity contribution in [3.63, 3.8) is 0 Å². The Labute approximate surface area is 107 Å². The lowest BCUT2D eigenvalue weighted by Gasteiger charge is -2.11. The summed E-state index contributed by atoms with van der Waals surface area (Å²) in [7, 11) is 1.53. The number of carbonyl (C=O) groups excluding carboxylic acids is 2. The number of anilines is 2.